The molecule has 5 nitrogen and oxygen atoms in total. The van der Waals surface area contributed by atoms with E-state index in [0.29, 0.717) is 42.4 Å². The molecule has 9 atom stereocenters. The van der Waals surface area contributed by atoms with Crippen molar-refractivity contribution in [3.8, 4) is 0 Å². The third kappa shape index (κ3) is 6.25. The number of carbonyl (C=O) groups excluding carboxylic acids is 2. The van der Waals surface area contributed by atoms with Gasteiger partial charge in [-0.1, -0.05) is 33.1 Å². The quantitative estimate of drug-likeness (QED) is 0.227. The second-order valence-corrected chi connectivity index (χ2v) is 12.7. The third-order valence-corrected chi connectivity index (χ3v) is 10.4. The van der Waals surface area contributed by atoms with Gasteiger partial charge in [0.1, 0.15) is 6.10 Å². The molecule has 1 amide bonds. The van der Waals surface area contributed by atoms with Crippen LogP contribution in [0.15, 0.2) is 0 Å². The Morgan fingerprint density at radius 3 is 2.51 bits per heavy atom. The highest BCUT2D eigenvalue weighted by Crippen LogP contribution is 2.46. The first kappa shape index (κ1) is 25.5. The number of esters is 1. The molecule has 5 aliphatic rings. The number of epoxide rings is 1. The summed E-state index contributed by atoms with van der Waals surface area (Å²) in [7, 11) is 0. The monoisotopic (exact) mass is 487 g/mol. The third-order valence-electron chi connectivity index (χ3n) is 10.4. The predicted molar refractivity (Wildman–Crippen MR) is 137 cm³/mol. The normalized spacial score (nSPS) is 36.2. The van der Waals surface area contributed by atoms with Gasteiger partial charge in [-0.15, -0.1) is 0 Å². The van der Waals surface area contributed by atoms with Crippen LogP contribution in [0.25, 0.3) is 0 Å². The molecule has 5 heteroatoms. The Hall–Kier alpha value is -1.10. The number of ether oxygens (including phenoxy) is 2. The van der Waals surface area contributed by atoms with Gasteiger partial charge in [-0.05, 0) is 101 Å². The van der Waals surface area contributed by atoms with Crippen LogP contribution in [0.3, 0.4) is 0 Å². The first-order chi connectivity index (χ1) is 17.0. The van der Waals surface area contributed by atoms with Gasteiger partial charge in [0.15, 0.2) is 0 Å². The second-order valence-electron chi connectivity index (χ2n) is 12.7. The van der Waals surface area contributed by atoms with Crippen LogP contribution in [0.5, 0.6) is 0 Å². The highest BCUT2D eigenvalue weighted by atomic mass is 16.6. The van der Waals surface area contributed by atoms with Crippen molar-refractivity contribution in [1.82, 2.24) is 4.90 Å². The number of hydrogen-bond donors (Lipinski definition) is 0. The van der Waals surface area contributed by atoms with Crippen LogP contribution in [0, 0.1) is 29.6 Å². The molecule has 2 heterocycles. The molecule has 0 radical (unpaired) electrons. The lowest BCUT2D eigenvalue weighted by atomic mass is 9.78. The molecular weight excluding hydrogens is 438 g/mol. The van der Waals surface area contributed by atoms with E-state index in [0.717, 1.165) is 69.7 Å². The van der Waals surface area contributed by atoms with Gasteiger partial charge in [0.2, 0.25) is 5.91 Å². The summed E-state index contributed by atoms with van der Waals surface area (Å²) >= 11 is 0. The van der Waals surface area contributed by atoms with Gasteiger partial charge in [-0.3, -0.25) is 9.59 Å². The number of rotatable bonds is 13. The average molecular weight is 488 g/mol. The molecular formula is C30H49NO4. The van der Waals surface area contributed by atoms with E-state index in [-0.39, 0.29) is 18.0 Å². The number of likely N-dealkylation sites (tertiary alicyclic amines) is 1. The fourth-order valence-electron chi connectivity index (χ4n) is 8.07. The number of hydrogen-bond acceptors (Lipinski definition) is 4. The van der Waals surface area contributed by atoms with Crippen LogP contribution >= 0.6 is 0 Å². The molecule has 0 N–H and O–H groups in total. The highest BCUT2D eigenvalue weighted by molar-refractivity contribution is 5.78. The van der Waals surface area contributed by atoms with Crippen molar-refractivity contribution in [2.45, 2.75) is 141 Å². The number of amides is 1. The van der Waals surface area contributed by atoms with Gasteiger partial charge in [-0.25, -0.2) is 0 Å². The summed E-state index contributed by atoms with van der Waals surface area (Å²) in [5.74, 6) is 3.35. The molecule has 9 unspecified atom stereocenters. The van der Waals surface area contributed by atoms with E-state index in [4.69, 9.17) is 9.47 Å². The van der Waals surface area contributed by atoms with Crippen molar-refractivity contribution < 1.29 is 19.1 Å². The average Bonchev–Trinajstić information content (AvgIpc) is 3.11. The molecule has 3 saturated carbocycles. The largest absolute Gasteiger partial charge is 0.462 e. The van der Waals surface area contributed by atoms with Crippen LogP contribution in [-0.2, 0) is 19.1 Å². The summed E-state index contributed by atoms with van der Waals surface area (Å²) in [6.45, 7) is 5.52. The molecule has 0 aromatic carbocycles. The Labute approximate surface area is 213 Å². The summed E-state index contributed by atoms with van der Waals surface area (Å²) < 4.78 is 11.9. The van der Waals surface area contributed by atoms with Crippen LogP contribution in [-0.4, -0.2) is 47.7 Å². The van der Waals surface area contributed by atoms with Crippen molar-refractivity contribution in [3.05, 3.63) is 0 Å². The van der Waals surface area contributed by atoms with Gasteiger partial charge >= 0.3 is 5.97 Å². The Morgan fingerprint density at radius 2 is 1.86 bits per heavy atom. The highest BCUT2D eigenvalue weighted by Gasteiger charge is 2.45. The van der Waals surface area contributed by atoms with E-state index in [1.54, 1.807) is 0 Å². The van der Waals surface area contributed by atoms with Crippen molar-refractivity contribution in [1.29, 1.82) is 0 Å². The predicted octanol–water partition coefficient (Wildman–Crippen LogP) is 6.28. The van der Waals surface area contributed by atoms with Crippen molar-refractivity contribution in [2.75, 3.05) is 6.54 Å². The smallest absolute Gasteiger partial charge is 0.309 e. The van der Waals surface area contributed by atoms with Gasteiger partial charge < -0.3 is 14.4 Å². The zero-order valence-corrected chi connectivity index (χ0v) is 22.3. The molecule has 0 aromatic heterocycles. The molecule has 0 aromatic rings. The summed E-state index contributed by atoms with van der Waals surface area (Å²) in [6.07, 6.45) is 19.0. The van der Waals surface area contributed by atoms with Gasteiger partial charge in [-0.2, -0.15) is 0 Å². The van der Waals surface area contributed by atoms with Crippen LogP contribution < -0.4 is 0 Å². The SMILES string of the molecule is CCC(CCCC(CCCC(C)C1CCC2OC2C1)C(=O)OC1CC2CCC1C2)N1CCCC1=O. The van der Waals surface area contributed by atoms with E-state index in [9.17, 15) is 9.59 Å². The molecule has 5 fully saturated rings. The van der Waals surface area contributed by atoms with Gasteiger partial charge in [0.05, 0.1) is 18.1 Å². The Kier molecular flexibility index (Phi) is 8.41. The minimum Gasteiger partial charge on any atom is -0.462 e. The van der Waals surface area contributed by atoms with E-state index in [1.165, 1.54) is 44.9 Å². The maximum Gasteiger partial charge on any atom is 0.309 e. The molecule has 35 heavy (non-hydrogen) atoms. The second kappa shape index (κ2) is 11.5. The van der Waals surface area contributed by atoms with E-state index >= 15 is 0 Å². The van der Waals surface area contributed by atoms with Crippen LogP contribution in [0.1, 0.15) is 117 Å². The molecule has 3 aliphatic carbocycles. The lowest BCUT2D eigenvalue weighted by Crippen LogP contribution is -2.36. The fraction of sp³-hybridized carbons (Fsp3) is 0.933. The van der Waals surface area contributed by atoms with Gasteiger partial charge in [0, 0.05) is 19.0 Å². The lowest BCUT2D eigenvalue weighted by molar-refractivity contribution is -0.157. The lowest BCUT2D eigenvalue weighted by Gasteiger charge is -2.28. The molecule has 198 valence electrons. The van der Waals surface area contributed by atoms with Crippen LogP contribution in [0.4, 0.5) is 0 Å². The first-order valence-electron chi connectivity index (χ1n) is 15.2. The van der Waals surface area contributed by atoms with E-state index in [1.807, 2.05) is 0 Å². The van der Waals surface area contributed by atoms with E-state index < -0.39 is 0 Å². The van der Waals surface area contributed by atoms with Crippen molar-refractivity contribution >= 4 is 11.9 Å². The fourth-order valence-corrected chi connectivity index (χ4v) is 8.07. The number of carbonyl (C=O) groups is 2. The minimum atomic E-state index is 0.0237. The van der Waals surface area contributed by atoms with Crippen LogP contribution in [0.2, 0.25) is 0 Å². The van der Waals surface area contributed by atoms with E-state index in [2.05, 4.69) is 18.7 Å². The maximum absolute atomic E-state index is 13.4. The molecule has 2 aliphatic heterocycles. The summed E-state index contributed by atoms with van der Waals surface area (Å²) in [4.78, 5) is 27.7. The number of fused-ring (bicyclic) bond motifs is 3. The zero-order valence-electron chi connectivity index (χ0n) is 22.3. The zero-order chi connectivity index (χ0) is 24.4. The Morgan fingerprint density at radius 1 is 1.03 bits per heavy atom. The number of nitrogens with zero attached hydrogens (tertiary/aromatic N) is 1. The standard InChI is InChI=1S/C30H49NO4/c1-3-25(31-16-6-11-29(31)32)10-5-9-22(30(33)35-27-18-21-12-13-24(27)17-21)8-4-7-20(2)23-14-15-26-28(19-23)34-26/h20-28H,3-19H2,1-2H3. The summed E-state index contributed by atoms with van der Waals surface area (Å²) in [6, 6.07) is 0.340. The minimum absolute atomic E-state index is 0.0237. The molecule has 5 rings (SSSR count). The summed E-state index contributed by atoms with van der Waals surface area (Å²) in [5.41, 5.74) is 0. The first-order valence-corrected chi connectivity index (χ1v) is 15.2. The summed E-state index contributed by atoms with van der Waals surface area (Å²) in [5, 5.41) is 0. The van der Waals surface area contributed by atoms with Gasteiger partial charge in [0.25, 0.3) is 0 Å². The van der Waals surface area contributed by atoms with Crippen molar-refractivity contribution in [3.63, 3.8) is 0 Å². The molecule has 0 spiro atoms. The van der Waals surface area contributed by atoms with Crippen molar-refractivity contribution in [2.24, 2.45) is 29.6 Å². The molecule has 2 saturated heterocycles. The topological polar surface area (TPSA) is 59.1 Å². The maximum atomic E-state index is 13.4. The Bertz CT molecular complexity index is 740. The Balaban J connectivity index is 1.11. The molecule has 2 bridgehead atoms.